The molecule has 7 nitrogen and oxygen atoms in total. The van der Waals surface area contributed by atoms with Gasteiger partial charge in [0, 0.05) is 0 Å². The number of carbonyl (C=O) groups is 3. The normalized spacial score (nSPS) is 14.9. The summed E-state index contributed by atoms with van der Waals surface area (Å²) in [5, 5.41) is 2.23. The van der Waals surface area contributed by atoms with E-state index < -0.39 is 17.8 Å². The topological polar surface area (TPSA) is 84.9 Å². The van der Waals surface area contributed by atoms with Gasteiger partial charge in [0.25, 0.3) is 11.8 Å². The Morgan fingerprint density at radius 1 is 1.16 bits per heavy atom. The SMILES string of the molecule is C#CCOc1c(Br)cc(/C=C2\C(=O)NC(=O)N(c3ccc(C)cc3C)C2=O)cc1OCC. The van der Waals surface area contributed by atoms with Crippen LogP contribution in [0.3, 0.4) is 0 Å². The van der Waals surface area contributed by atoms with Crippen LogP contribution in [0.5, 0.6) is 11.5 Å². The molecule has 1 saturated heterocycles. The molecule has 0 aromatic heterocycles. The molecule has 1 N–H and O–H groups in total. The van der Waals surface area contributed by atoms with Gasteiger partial charge in [-0.3, -0.25) is 14.9 Å². The molecule has 1 aliphatic heterocycles. The van der Waals surface area contributed by atoms with Gasteiger partial charge in [0.15, 0.2) is 11.5 Å². The van der Waals surface area contributed by atoms with Crippen molar-refractivity contribution in [1.29, 1.82) is 0 Å². The average Bonchev–Trinajstić information content (AvgIpc) is 2.72. The molecular weight excluding hydrogens is 476 g/mol. The van der Waals surface area contributed by atoms with E-state index in [1.54, 1.807) is 31.2 Å². The lowest BCUT2D eigenvalue weighted by atomic mass is 10.0. The Morgan fingerprint density at radius 2 is 1.91 bits per heavy atom. The number of hydrogen-bond donors (Lipinski definition) is 1. The summed E-state index contributed by atoms with van der Waals surface area (Å²) >= 11 is 3.41. The van der Waals surface area contributed by atoms with Crippen molar-refractivity contribution >= 4 is 45.5 Å². The van der Waals surface area contributed by atoms with Crippen LogP contribution >= 0.6 is 15.9 Å². The third-order valence-corrected chi connectivity index (χ3v) is 5.23. The molecule has 4 amide bonds. The first-order valence-electron chi connectivity index (χ1n) is 9.78. The smallest absolute Gasteiger partial charge is 0.335 e. The highest BCUT2D eigenvalue weighted by Crippen LogP contribution is 2.38. The number of hydrogen-bond acceptors (Lipinski definition) is 5. The van der Waals surface area contributed by atoms with Gasteiger partial charge >= 0.3 is 6.03 Å². The number of urea groups is 1. The van der Waals surface area contributed by atoms with Crippen LogP contribution < -0.4 is 19.7 Å². The number of amides is 4. The van der Waals surface area contributed by atoms with Gasteiger partial charge in [0.05, 0.1) is 16.8 Å². The Bertz CT molecular complexity index is 1180. The van der Waals surface area contributed by atoms with Crippen LogP contribution in [0.2, 0.25) is 0 Å². The van der Waals surface area contributed by atoms with E-state index in [0.29, 0.717) is 33.8 Å². The van der Waals surface area contributed by atoms with Crippen LogP contribution in [-0.2, 0) is 9.59 Å². The van der Waals surface area contributed by atoms with Crippen LogP contribution in [0.1, 0.15) is 23.6 Å². The largest absolute Gasteiger partial charge is 0.490 e. The summed E-state index contributed by atoms with van der Waals surface area (Å²) in [5.74, 6) is 1.71. The van der Waals surface area contributed by atoms with E-state index in [1.807, 2.05) is 19.9 Å². The molecule has 1 fully saturated rings. The van der Waals surface area contributed by atoms with E-state index in [1.165, 1.54) is 6.08 Å². The highest BCUT2D eigenvalue weighted by Gasteiger charge is 2.37. The van der Waals surface area contributed by atoms with Gasteiger partial charge in [-0.05, 0) is 72.1 Å². The van der Waals surface area contributed by atoms with E-state index in [2.05, 4.69) is 27.2 Å². The number of carbonyl (C=O) groups excluding carboxylic acids is 3. The van der Waals surface area contributed by atoms with Gasteiger partial charge in [-0.1, -0.05) is 23.6 Å². The minimum Gasteiger partial charge on any atom is -0.490 e. The Balaban J connectivity index is 2.05. The maximum Gasteiger partial charge on any atom is 0.335 e. The van der Waals surface area contributed by atoms with Gasteiger partial charge in [-0.15, -0.1) is 6.42 Å². The average molecular weight is 497 g/mol. The van der Waals surface area contributed by atoms with E-state index in [0.717, 1.165) is 16.0 Å². The molecule has 0 bridgehead atoms. The molecule has 2 aromatic rings. The summed E-state index contributed by atoms with van der Waals surface area (Å²) in [5.41, 5.74) is 2.45. The molecule has 3 rings (SSSR count). The fraction of sp³-hybridized carbons (Fsp3) is 0.208. The summed E-state index contributed by atoms with van der Waals surface area (Å²) in [7, 11) is 0. The first-order chi connectivity index (χ1) is 15.3. The van der Waals surface area contributed by atoms with Gasteiger partial charge < -0.3 is 9.47 Å². The zero-order valence-electron chi connectivity index (χ0n) is 17.8. The van der Waals surface area contributed by atoms with Gasteiger partial charge in [-0.25, -0.2) is 9.69 Å². The maximum absolute atomic E-state index is 13.2. The molecule has 32 heavy (non-hydrogen) atoms. The Kier molecular flexibility index (Phi) is 7.01. The number of nitrogens with zero attached hydrogens (tertiary/aromatic N) is 1. The lowest BCUT2D eigenvalue weighted by molar-refractivity contribution is -0.122. The van der Waals surface area contributed by atoms with E-state index in [-0.39, 0.29) is 12.2 Å². The standard InChI is InChI=1S/C24H21BrN2O5/c1-5-9-32-21-18(25)12-16(13-20(21)31-6-2)11-17-22(28)26-24(30)27(23(17)29)19-8-7-14(3)10-15(19)4/h1,7-8,10-13H,6,9H2,2-4H3,(H,26,28,30)/b17-11+. The summed E-state index contributed by atoms with van der Waals surface area (Å²) < 4.78 is 11.7. The van der Waals surface area contributed by atoms with Crippen molar-refractivity contribution in [3.05, 3.63) is 57.1 Å². The summed E-state index contributed by atoms with van der Waals surface area (Å²) in [4.78, 5) is 39.1. The van der Waals surface area contributed by atoms with Crippen molar-refractivity contribution < 1.29 is 23.9 Å². The highest BCUT2D eigenvalue weighted by atomic mass is 79.9. The predicted octanol–water partition coefficient (Wildman–Crippen LogP) is 4.14. The highest BCUT2D eigenvalue weighted by molar-refractivity contribution is 9.10. The fourth-order valence-electron chi connectivity index (χ4n) is 3.29. The van der Waals surface area contributed by atoms with E-state index in [4.69, 9.17) is 15.9 Å². The summed E-state index contributed by atoms with van der Waals surface area (Å²) in [6, 6.07) is 7.83. The summed E-state index contributed by atoms with van der Waals surface area (Å²) in [6.07, 6.45) is 6.67. The Morgan fingerprint density at radius 3 is 2.56 bits per heavy atom. The minimum absolute atomic E-state index is 0.0486. The predicted molar refractivity (Wildman–Crippen MR) is 125 cm³/mol. The molecule has 164 valence electrons. The molecule has 0 atom stereocenters. The Labute approximate surface area is 194 Å². The molecule has 8 heteroatoms. The number of terminal acetylenes is 1. The number of anilines is 1. The van der Waals surface area contributed by atoms with Gasteiger partial charge in [0.2, 0.25) is 0 Å². The molecule has 0 aliphatic carbocycles. The van der Waals surface area contributed by atoms with Crippen molar-refractivity contribution in [3.63, 3.8) is 0 Å². The molecule has 1 heterocycles. The molecule has 1 aliphatic rings. The Hall–Kier alpha value is -3.57. The summed E-state index contributed by atoms with van der Waals surface area (Å²) in [6.45, 7) is 5.94. The molecule has 0 radical (unpaired) electrons. The first-order valence-corrected chi connectivity index (χ1v) is 10.6. The molecule has 0 spiro atoms. The van der Waals surface area contributed by atoms with Crippen LogP contribution in [0.15, 0.2) is 40.4 Å². The third kappa shape index (κ3) is 4.68. The number of nitrogens with one attached hydrogen (secondary N) is 1. The van der Waals surface area contributed by atoms with Crippen molar-refractivity contribution in [2.45, 2.75) is 20.8 Å². The zero-order chi connectivity index (χ0) is 23.4. The van der Waals surface area contributed by atoms with E-state index >= 15 is 0 Å². The zero-order valence-corrected chi connectivity index (χ0v) is 19.4. The van der Waals surface area contributed by atoms with Crippen LogP contribution in [0.4, 0.5) is 10.5 Å². The number of imide groups is 2. The third-order valence-electron chi connectivity index (χ3n) is 4.64. The van der Waals surface area contributed by atoms with Crippen LogP contribution in [-0.4, -0.2) is 31.1 Å². The van der Waals surface area contributed by atoms with Gasteiger partial charge in [-0.2, -0.15) is 0 Å². The van der Waals surface area contributed by atoms with Crippen molar-refractivity contribution in [2.24, 2.45) is 0 Å². The second-order valence-electron chi connectivity index (χ2n) is 7.00. The molecule has 2 aromatic carbocycles. The lowest BCUT2D eigenvalue weighted by Gasteiger charge is -2.27. The van der Waals surface area contributed by atoms with Gasteiger partial charge in [0.1, 0.15) is 12.2 Å². The quantitative estimate of drug-likeness (QED) is 0.369. The number of halogens is 1. The van der Waals surface area contributed by atoms with Crippen LogP contribution in [0, 0.1) is 26.2 Å². The fourth-order valence-corrected chi connectivity index (χ4v) is 3.86. The van der Waals surface area contributed by atoms with Crippen molar-refractivity contribution in [2.75, 3.05) is 18.1 Å². The minimum atomic E-state index is -0.793. The second-order valence-corrected chi connectivity index (χ2v) is 7.86. The molecule has 0 saturated carbocycles. The molecular formula is C24H21BrN2O5. The number of barbiturate groups is 1. The number of aryl methyl sites for hydroxylation is 2. The van der Waals surface area contributed by atoms with Crippen molar-refractivity contribution in [1.82, 2.24) is 5.32 Å². The van der Waals surface area contributed by atoms with Crippen LogP contribution in [0.25, 0.3) is 6.08 Å². The van der Waals surface area contributed by atoms with E-state index in [9.17, 15) is 14.4 Å². The van der Waals surface area contributed by atoms with Crippen molar-refractivity contribution in [3.8, 4) is 23.8 Å². The number of ether oxygens (including phenoxy) is 2. The maximum atomic E-state index is 13.2. The molecule has 0 unspecified atom stereocenters. The second kappa shape index (κ2) is 9.71. The number of benzene rings is 2. The first kappa shape index (κ1) is 23.1. The monoisotopic (exact) mass is 496 g/mol. The lowest BCUT2D eigenvalue weighted by Crippen LogP contribution is -2.54. The number of rotatable bonds is 6.